The van der Waals surface area contributed by atoms with Gasteiger partial charge in [0.05, 0.1) is 6.54 Å². The van der Waals surface area contributed by atoms with Crippen molar-refractivity contribution >= 4 is 10.0 Å². The van der Waals surface area contributed by atoms with E-state index in [2.05, 4.69) is 33.0 Å². The van der Waals surface area contributed by atoms with E-state index in [0.29, 0.717) is 18.3 Å². The molecular weight excluding hydrogens is 276 g/mol. The Bertz CT molecular complexity index is 586. The Hall–Kier alpha value is -0.850. The lowest BCUT2D eigenvalue weighted by Gasteiger charge is -2.08. The van der Waals surface area contributed by atoms with E-state index < -0.39 is 10.0 Å². The summed E-state index contributed by atoms with van der Waals surface area (Å²) in [7, 11) is -0.504. The van der Waals surface area contributed by atoms with Crippen LogP contribution in [0, 0.1) is 10.8 Å². The fraction of sp³-hybridized carbons (Fsp3) is 0.714. The Morgan fingerprint density at radius 3 is 2.20 bits per heavy atom. The summed E-state index contributed by atoms with van der Waals surface area (Å²) in [6.07, 6.45) is 0. The molecule has 0 radical (unpaired) electrons. The fourth-order valence-corrected chi connectivity index (χ4v) is 3.49. The molecular formula is C14H24N2O3S. The van der Waals surface area contributed by atoms with Crippen molar-refractivity contribution in [1.82, 2.24) is 9.62 Å². The minimum atomic E-state index is -3.49. The highest BCUT2D eigenvalue weighted by Crippen LogP contribution is 2.62. The summed E-state index contributed by atoms with van der Waals surface area (Å²) < 4.78 is 30.4. The molecule has 2 rings (SSSR count). The number of furan rings is 1. The lowest BCUT2D eigenvalue weighted by atomic mass is 10.0. The monoisotopic (exact) mass is 300 g/mol. The van der Waals surface area contributed by atoms with E-state index in [0.717, 1.165) is 4.31 Å². The predicted octanol–water partition coefficient (Wildman–Crippen LogP) is 2.05. The van der Waals surface area contributed by atoms with Crippen LogP contribution in [0.5, 0.6) is 0 Å². The van der Waals surface area contributed by atoms with Gasteiger partial charge in [0, 0.05) is 20.1 Å². The van der Waals surface area contributed by atoms with Crippen LogP contribution in [0.2, 0.25) is 0 Å². The summed E-state index contributed by atoms with van der Waals surface area (Å²) in [5.41, 5.74) is 0.496. The van der Waals surface area contributed by atoms with Gasteiger partial charge in [-0.1, -0.05) is 27.7 Å². The van der Waals surface area contributed by atoms with Crippen LogP contribution in [0.25, 0.3) is 0 Å². The number of sulfonamides is 1. The highest BCUT2D eigenvalue weighted by atomic mass is 32.2. The van der Waals surface area contributed by atoms with E-state index in [1.807, 2.05) is 0 Å². The van der Waals surface area contributed by atoms with Crippen LogP contribution in [0.15, 0.2) is 21.6 Å². The zero-order valence-corrected chi connectivity index (χ0v) is 13.8. The molecule has 1 aromatic heterocycles. The summed E-state index contributed by atoms with van der Waals surface area (Å²) >= 11 is 0. The lowest BCUT2D eigenvalue weighted by molar-refractivity contribution is 0.383. The molecule has 0 saturated heterocycles. The van der Waals surface area contributed by atoms with Gasteiger partial charge in [-0.2, -0.15) is 0 Å². The molecule has 1 heterocycles. The Balaban J connectivity index is 2.02. The van der Waals surface area contributed by atoms with Crippen LogP contribution in [-0.2, 0) is 16.6 Å². The van der Waals surface area contributed by atoms with E-state index in [1.165, 1.54) is 20.2 Å². The zero-order valence-electron chi connectivity index (χ0n) is 13.0. The first kappa shape index (κ1) is 15.5. The smallest absolute Gasteiger partial charge is 0.275 e. The number of rotatable bonds is 5. The maximum absolute atomic E-state index is 11.9. The van der Waals surface area contributed by atoms with Crippen molar-refractivity contribution in [2.75, 3.05) is 14.1 Å². The highest BCUT2D eigenvalue weighted by molar-refractivity contribution is 7.88. The van der Waals surface area contributed by atoms with Crippen molar-refractivity contribution in [3.05, 3.63) is 17.9 Å². The third kappa shape index (κ3) is 2.29. The van der Waals surface area contributed by atoms with Gasteiger partial charge in [0.15, 0.2) is 0 Å². The van der Waals surface area contributed by atoms with Crippen LogP contribution >= 0.6 is 0 Å². The maximum atomic E-state index is 11.9. The van der Waals surface area contributed by atoms with Crippen LogP contribution in [0.4, 0.5) is 0 Å². The standard InChI is InChI=1S/C14H24N2O3S/c1-13(2)12(14(13,3)4)15-9-10-7-8-11(19-10)20(17,18)16(5)6/h7-8,12,15H,9H2,1-6H3. The first-order valence-electron chi connectivity index (χ1n) is 6.76. The topological polar surface area (TPSA) is 62.6 Å². The number of nitrogens with one attached hydrogen (secondary N) is 1. The quantitative estimate of drug-likeness (QED) is 0.904. The molecule has 1 aliphatic rings. The van der Waals surface area contributed by atoms with Gasteiger partial charge in [0.1, 0.15) is 5.76 Å². The van der Waals surface area contributed by atoms with E-state index in [1.54, 1.807) is 6.07 Å². The molecule has 1 saturated carbocycles. The zero-order chi connectivity index (χ0) is 15.3. The maximum Gasteiger partial charge on any atom is 0.275 e. The molecule has 0 unspecified atom stereocenters. The molecule has 0 amide bonds. The van der Waals surface area contributed by atoms with Crippen molar-refractivity contribution in [2.24, 2.45) is 10.8 Å². The average Bonchev–Trinajstić information content (AvgIpc) is 2.72. The summed E-state index contributed by atoms with van der Waals surface area (Å²) in [5, 5.41) is 3.44. The van der Waals surface area contributed by atoms with Crippen LogP contribution < -0.4 is 5.32 Å². The van der Waals surface area contributed by atoms with Crippen molar-refractivity contribution in [3.8, 4) is 0 Å². The van der Waals surface area contributed by atoms with E-state index in [-0.39, 0.29) is 15.9 Å². The van der Waals surface area contributed by atoms with E-state index in [9.17, 15) is 8.42 Å². The SMILES string of the molecule is CN(C)S(=O)(=O)c1ccc(CNC2C(C)(C)C2(C)C)o1. The molecule has 0 aliphatic heterocycles. The van der Waals surface area contributed by atoms with Gasteiger partial charge in [-0.05, 0) is 23.0 Å². The lowest BCUT2D eigenvalue weighted by Crippen LogP contribution is -2.22. The molecule has 1 N–H and O–H groups in total. The number of hydrogen-bond donors (Lipinski definition) is 1. The minimum Gasteiger partial charge on any atom is -0.447 e. The third-order valence-electron chi connectivity index (χ3n) is 4.87. The second-order valence-corrected chi connectivity index (χ2v) is 8.85. The number of nitrogens with zero attached hydrogens (tertiary/aromatic N) is 1. The van der Waals surface area contributed by atoms with E-state index in [4.69, 9.17) is 4.42 Å². The molecule has 0 aromatic carbocycles. The summed E-state index contributed by atoms with van der Waals surface area (Å²) in [5.74, 6) is 0.643. The van der Waals surface area contributed by atoms with Crippen LogP contribution in [-0.4, -0.2) is 32.9 Å². The molecule has 1 aromatic rings. The summed E-state index contributed by atoms with van der Waals surface area (Å²) in [4.78, 5) is 0. The Labute approximate surface area is 121 Å². The van der Waals surface area contributed by atoms with Gasteiger partial charge in [-0.25, -0.2) is 12.7 Å². The third-order valence-corrected chi connectivity index (χ3v) is 6.56. The van der Waals surface area contributed by atoms with Gasteiger partial charge in [0.2, 0.25) is 5.09 Å². The molecule has 0 bridgehead atoms. The Morgan fingerprint density at radius 1 is 1.20 bits per heavy atom. The van der Waals surface area contributed by atoms with Gasteiger partial charge in [-0.15, -0.1) is 0 Å². The molecule has 6 heteroatoms. The molecule has 114 valence electrons. The van der Waals surface area contributed by atoms with Gasteiger partial charge < -0.3 is 9.73 Å². The minimum absolute atomic E-state index is 0.00591. The van der Waals surface area contributed by atoms with Crippen LogP contribution in [0.1, 0.15) is 33.5 Å². The predicted molar refractivity (Wildman–Crippen MR) is 77.8 cm³/mol. The molecule has 0 spiro atoms. The first-order chi connectivity index (χ1) is 9.01. The largest absolute Gasteiger partial charge is 0.447 e. The van der Waals surface area contributed by atoms with E-state index >= 15 is 0 Å². The second-order valence-electron chi connectivity index (χ2n) is 6.77. The van der Waals surface area contributed by atoms with Crippen molar-refractivity contribution in [1.29, 1.82) is 0 Å². The van der Waals surface area contributed by atoms with Gasteiger partial charge in [0.25, 0.3) is 10.0 Å². The average molecular weight is 300 g/mol. The van der Waals surface area contributed by atoms with Crippen molar-refractivity contribution < 1.29 is 12.8 Å². The van der Waals surface area contributed by atoms with Crippen LogP contribution in [0.3, 0.4) is 0 Å². The summed E-state index contributed by atoms with van der Waals surface area (Å²) in [6, 6.07) is 3.63. The van der Waals surface area contributed by atoms with Gasteiger partial charge in [-0.3, -0.25) is 0 Å². The highest BCUT2D eigenvalue weighted by Gasteiger charge is 2.64. The molecule has 5 nitrogen and oxygen atoms in total. The molecule has 1 aliphatic carbocycles. The molecule has 1 fully saturated rings. The fourth-order valence-electron chi connectivity index (χ4n) is 2.68. The van der Waals surface area contributed by atoms with Crippen molar-refractivity contribution in [2.45, 2.75) is 45.4 Å². The van der Waals surface area contributed by atoms with Gasteiger partial charge >= 0.3 is 0 Å². The number of hydrogen-bond acceptors (Lipinski definition) is 4. The second kappa shape index (κ2) is 4.58. The first-order valence-corrected chi connectivity index (χ1v) is 8.20. The Morgan fingerprint density at radius 2 is 1.75 bits per heavy atom. The molecule has 20 heavy (non-hydrogen) atoms. The molecule has 0 atom stereocenters. The normalized spacial score (nSPS) is 21.4. The Kier molecular flexibility index (Phi) is 3.56. The summed E-state index contributed by atoms with van der Waals surface area (Å²) in [6.45, 7) is 9.47. The van der Waals surface area contributed by atoms with Crippen molar-refractivity contribution in [3.63, 3.8) is 0 Å².